The molecule has 1 atom stereocenters. The lowest BCUT2D eigenvalue weighted by molar-refractivity contribution is -0.142. The lowest BCUT2D eigenvalue weighted by atomic mass is 10.1. The number of hydrogen-bond acceptors (Lipinski definition) is 2. The van der Waals surface area contributed by atoms with Crippen LogP contribution in [0.15, 0.2) is 28.7 Å². The third kappa shape index (κ3) is 3.85. The van der Waals surface area contributed by atoms with E-state index < -0.39 is 12.0 Å². The largest absolute Gasteiger partial charge is 0.479 e. The van der Waals surface area contributed by atoms with Gasteiger partial charge in [-0.25, -0.2) is 4.79 Å². The van der Waals surface area contributed by atoms with E-state index in [0.717, 1.165) is 4.47 Å². The molecule has 0 bridgehead atoms. The average Bonchev–Trinajstić information content (AvgIpc) is 2.26. The number of amides is 1. The molecule has 0 radical (unpaired) electrons. The summed E-state index contributed by atoms with van der Waals surface area (Å²) in [7, 11) is 0. The molecule has 1 aromatic carbocycles. The highest BCUT2D eigenvalue weighted by Gasteiger charge is 2.22. The van der Waals surface area contributed by atoms with Gasteiger partial charge in [-0.15, -0.1) is 0 Å². The van der Waals surface area contributed by atoms with Crippen molar-refractivity contribution in [3.05, 3.63) is 34.3 Å². The molecule has 4 nitrogen and oxygen atoms in total. The maximum Gasteiger partial charge on any atom is 0.330 e. The highest BCUT2D eigenvalue weighted by molar-refractivity contribution is 9.10. The summed E-state index contributed by atoms with van der Waals surface area (Å²) in [6.07, 6.45) is 0. The first kappa shape index (κ1) is 13.7. The van der Waals surface area contributed by atoms with Crippen LogP contribution in [0.4, 0.5) is 0 Å². The second-order valence-corrected chi connectivity index (χ2v) is 4.90. The number of carbonyl (C=O) groups excluding carboxylic acids is 1. The first-order chi connectivity index (χ1) is 7.91. The van der Waals surface area contributed by atoms with Crippen molar-refractivity contribution in [1.82, 2.24) is 5.32 Å². The third-order valence-electron chi connectivity index (χ3n) is 2.26. The van der Waals surface area contributed by atoms with Crippen LogP contribution in [0.5, 0.6) is 0 Å². The van der Waals surface area contributed by atoms with Gasteiger partial charge in [0.1, 0.15) is 0 Å². The number of carbonyl (C=O) groups is 2. The summed E-state index contributed by atoms with van der Waals surface area (Å²) in [6.45, 7) is 3.44. The lowest BCUT2D eigenvalue weighted by Gasteiger charge is -2.16. The molecule has 0 aliphatic carbocycles. The molecule has 1 unspecified atom stereocenters. The molecular formula is C12H14BrNO3. The predicted octanol–water partition coefficient (Wildman–Crippen LogP) is 2.35. The Morgan fingerprint density at radius 1 is 1.24 bits per heavy atom. The van der Waals surface area contributed by atoms with Crippen LogP contribution in [-0.4, -0.2) is 17.0 Å². The summed E-state index contributed by atoms with van der Waals surface area (Å²) >= 11 is 3.27. The Morgan fingerprint density at radius 3 is 2.18 bits per heavy atom. The minimum absolute atomic E-state index is 0.243. The van der Waals surface area contributed by atoms with Gasteiger partial charge in [-0.05, 0) is 17.7 Å². The Balaban J connectivity index is 2.90. The van der Waals surface area contributed by atoms with Crippen LogP contribution in [0.1, 0.15) is 25.5 Å². The van der Waals surface area contributed by atoms with Gasteiger partial charge in [0.05, 0.1) is 0 Å². The number of carboxylic acid groups (broad SMARTS) is 1. The van der Waals surface area contributed by atoms with E-state index >= 15 is 0 Å². The first-order valence-corrected chi connectivity index (χ1v) is 5.99. The molecule has 1 rings (SSSR count). The number of benzene rings is 1. The predicted molar refractivity (Wildman–Crippen MR) is 67.5 cm³/mol. The molecule has 1 aromatic rings. The van der Waals surface area contributed by atoms with Crippen molar-refractivity contribution < 1.29 is 14.7 Å². The van der Waals surface area contributed by atoms with Gasteiger partial charge in [0.25, 0.3) is 0 Å². The van der Waals surface area contributed by atoms with Crippen molar-refractivity contribution in [2.24, 2.45) is 5.92 Å². The van der Waals surface area contributed by atoms with E-state index in [0.29, 0.717) is 5.56 Å². The molecule has 2 N–H and O–H groups in total. The molecule has 0 aliphatic heterocycles. The molecule has 0 saturated heterocycles. The molecule has 0 spiro atoms. The van der Waals surface area contributed by atoms with Gasteiger partial charge in [-0.3, -0.25) is 4.79 Å². The standard InChI is InChI=1S/C12H14BrNO3/c1-7(2)11(15)14-10(12(16)17)8-3-5-9(13)6-4-8/h3-7,10H,1-2H3,(H,14,15)(H,16,17). The maximum atomic E-state index is 11.5. The summed E-state index contributed by atoms with van der Waals surface area (Å²) in [4.78, 5) is 22.6. The van der Waals surface area contributed by atoms with Crippen LogP contribution in [0, 0.1) is 5.92 Å². The van der Waals surface area contributed by atoms with E-state index in [1.807, 2.05) is 0 Å². The molecule has 0 aromatic heterocycles. The zero-order valence-electron chi connectivity index (χ0n) is 9.61. The number of aliphatic carboxylic acids is 1. The Labute approximate surface area is 108 Å². The van der Waals surface area contributed by atoms with Gasteiger partial charge in [0, 0.05) is 10.4 Å². The van der Waals surface area contributed by atoms with Gasteiger partial charge in [-0.1, -0.05) is 41.9 Å². The van der Waals surface area contributed by atoms with E-state index in [2.05, 4.69) is 21.2 Å². The van der Waals surface area contributed by atoms with Crippen LogP contribution in [0.25, 0.3) is 0 Å². The Kier molecular flexibility index (Phi) is 4.69. The zero-order chi connectivity index (χ0) is 13.0. The van der Waals surface area contributed by atoms with Gasteiger partial charge < -0.3 is 10.4 Å². The highest BCUT2D eigenvalue weighted by Crippen LogP contribution is 2.17. The van der Waals surface area contributed by atoms with Crippen molar-refractivity contribution in [3.8, 4) is 0 Å². The molecule has 0 saturated carbocycles. The van der Waals surface area contributed by atoms with Gasteiger partial charge in [0.15, 0.2) is 6.04 Å². The van der Waals surface area contributed by atoms with Gasteiger partial charge in [0.2, 0.25) is 5.91 Å². The van der Waals surface area contributed by atoms with Crippen molar-refractivity contribution in [2.45, 2.75) is 19.9 Å². The van der Waals surface area contributed by atoms with Crippen molar-refractivity contribution in [1.29, 1.82) is 0 Å². The van der Waals surface area contributed by atoms with Crippen LogP contribution in [-0.2, 0) is 9.59 Å². The van der Waals surface area contributed by atoms with Crippen LogP contribution in [0.2, 0.25) is 0 Å². The molecule has 1 amide bonds. The van der Waals surface area contributed by atoms with Crippen LogP contribution in [0.3, 0.4) is 0 Å². The van der Waals surface area contributed by atoms with Crippen molar-refractivity contribution >= 4 is 27.8 Å². The second kappa shape index (κ2) is 5.82. The number of rotatable bonds is 4. The molecule has 0 aliphatic rings. The number of halogens is 1. The number of hydrogen-bond donors (Lipinski definition) is 2. The lowest BCUT2D eigenvalue weighted by Crippen LogP contribution is -2.36. The maximum absolute atomic E-state index is 11.5. The molecule has 92 valence electrons. The highest BCUT2D eigenvalue weighted by atomic mass is 79.9. The summed E-state index contributed by atoms with van der Waals surface area (Å²) in [6, 6.07) is 5.82. The third-order valence-corrected chi connectivity index (χ3v) is 2.79. The molecule has 5 heteroatoms. The molecule has 17 heavy (non-hydrogen) atoms. The van der Waals surface area contributed by atoms with Gasteiger partial charge in [-0.2, -0.15) is 0 Å². The fraction of sp³-hybridized carbons (Fsp3) is 0.333. The van der Waals surface area contributed by atoms with E-state index in [1.165, 1.54) is 0 Å². The Bertz CT molecular complexity index is 414. The van der Waals surface area contributed by atoms with E-state index in [4.69, 9.17) is 5.11 Å². The minimum atomic E-state index is -1.07. The topological polar surface area (TPSA) is 66.4 Å². The molecular weight excluding hydrogens is 286 g/mol. The minimum Gasteiger partial charge on any atom is -0.479 e. The fourth-order valence-corrected chi connectivity index (χ4v) is 1.52. The SMILES string of the molecule is CC(C)C(=O)NC(C(=O)O)c1ccc(Br)cc1. The quantitative estimate of drug-likeness (QED) is 0.897. The van der Waals surface area contributed by atoms with Crippen molar-refractivity contribution in [2.75, 3.05) is 0 Å². The smallest absolute Gasteiger partial charge is 0.330 e. The fourth-order valence-electron chi connectivity index (χ4n) is 1.25. The molecule has 0 fully saturated rings. The van der Waals surface area contributed by atoms with Crippen LogP contribution >= 0.6 is 15.9 Å². The van der Waals surface area contributed by atoms with E-state index in [9.17, 15) is 9.59 Å². The molecule has 0 heterocycles. The normalized spacial score (nSPS) is 12.2. The summed E-state index contributed by atoms with van der Waals surface area (Å²) in [5.74, 6) is -1.59. The average molecular weight is 300 g/mol. The first-order valence-electron chi connectivity index (χ1n) is 5.20. The summed E-state index contributed by atoms with van der Waals surface area (Å²) in [5, 5.41) is 11.6. The van der Waals surface area contributed by atoms with Crippen molar-refractivity contribution in [3.63, 3.8) is 0 Å². The zero-order valence-corrected chi connectivity index (χ0v) is 11.2. The number of nitrogens with one attached hydrogen (secondary N) is 1. The second-order valence-electron chi connectivity index (χ2n) is 3.99. The Morgan fingerprint density at radius 2 is 1.76 bits per heavy atom. The summed E-state index contributed by atoms with van der Waals surface area (Å²) in [5.41, 5.74) is 0.551. The van der Waals surface area contributed by atoms with Gasteiger partial charge >= 0.3 is 5.97 Å². The van der Waals surface area contributed by atoms with E-state index in [1.54, 1.807) is 38.1 Å². The van der Waals surface area contributed by atoms with E-state index in [-0.39, 0.29) is 11.8 Å². The Hall–Kier alpha value is -1.36. The van der Waals surface area contributed by atoms with Crippen LogP contribution < -0.4 is 5.32 Å². The number of carboxylic acids is 1. The monoisotopic (exact) mass is 299 g/mol. The summed E-state index contributed by atoms with van der Waals surface area (Å²) < 4.78 is 0.862.